The quantitative estimate of drug-likeness (QED) is 0.588. The summed E-state index contributed by atoms with van der Waals surface area (Å²) in [6.07, 6.45) is 1.74. The summed E-state index contributed by atoms with van der Waals surface area (Å²) in [6.45, 7) is 0. The molecule has 0 atom stereocenters. The van der Waals surface area contributed by atoms with Gasteiger partial charge in [-0.05, 0) is 48.0 Å². The average molecular weight is 411 g/mol. The van der Waals surface area contributed by atoms with Gasteiger partial charge in [0.05, 0.1) is 5.03 Å². The van der Waals surface area contributed by atoms with E-state index >= 15 is 0 Å². The average Bonchev–Trinajstić information content (AvgIpc) is 3.09. The molecule has 0 aliphatic rings. The highest BCUT2D eigenvalue weighted by molar-refractivity contribution is 7.15. The van der Waals surface area contributed by atoms with Crippen LogP contribution in [0.2, 0.25) is 10.0 Å². The molecule has 0 unspecified atom stereocenters. The van der Waals surface area contributed by atoms with E-state index in [1.807, 2.05) is 12.1 Å². The number of nitrogens with one attached hydrogen (secondary N) is 1. The first kappa shape index (κ1) is 17.9. The molecule has 8 heteroatoms. The molecule has 126 valence electrons. The highest BCUT2D eigenvalue weighted by Crippen LogP contribution is 2.26. The Kier molecular flexibility index (Phi) is 5.71. The normalized spacial score (nSPS) is 11.4. The first-order valence-corrected chi connectivity index (χ1v) is 9.00. The molecule has 1 N–H and O–H groups in total. The smallest absolute Gasteiger partial charge is 0.286 e. The molecule has 0 aliphatic heterocycles. The molecule has 3 aromatic rings. The van der Waals surface area contributed by atoms with E-state index in [1.165, 1.54) is 0 Å². The predicted octanol–water partition coefficient (Wildman–Crippen LogP) is 5.83. The van der Waals surface area contributed by atoms with Crippen molar-refractivity contribution >= 4 is 68.8 Å². The number of benzene rings is 2. The van der Waals surface area contributed by atoms with Crippen LogP contribution in [0.15, 0.2) is 48.5 Å². The van der Waals surface area contributed by atoms with Crippen LogP contribution in [0.1, 0.15) is 20.4 Å². The van der Waals surface area contributed by atoms with Crippen LogP contribution in [-0.4, -0.2) is 16.1 Å². The van der Waals surface area contributed by atoms with Gasteiger partial charge in [-0.25, -0.2) is 0 Å². The van der Waals surface area contributed by atoms with Crippen molar-refractivity contribution in [2.24, 2.45) is 0 Å². The molecule has 0 aliphatic carbocycles. The summed E-state index contributed by atoms with van der Waals surface area (Å²) < 4.78 is 0. The SMILES string of the molecule is O=C(Nc1ccc(Cl)cc1)c1nnc(C(Cl)=Cc2ccc(Cl)cc2)s1. The van der Waals surface area contributed by atoms with Gasteiger partial charge in [0.2, 0.25) is 5.01 Å². The predicted molar refractivity (Wildman–Crippen MR) is 104 cm³/mol. The molecule has 0 saturated carbocycles. The third kappa shape index (κ3) is 4.80. The van der Waals surface area contributed by atoms with Crippen molar-refractivity contribution in [2.75, 3.05) is 5.32 Å². The molecule has 0 fully saturated rings. The minimum Gasteiger partial charge on any atom is -0.320 e. The van der Waals surface area contributed by atoms with Crippen LogP contribution < -0.4 is 5.32 Å². The second kappa shape index (κ2) is 7.97. The maximum atomic E-state index is 12.2. The Bertz CT molecular complexity index is 921. The monoisotopic (exact) mass is 409 g/mol. The third-order valence-electron chi connectivity index (χ3n) is 3.09. The lowest BCUT2D eigenvalue weighted by atomic mass is 10.2. The largest absolute Gasteiger partial charge is 0.320 e. The summed E-state index contributed by atoms with van der Waals surface area (Å²) in [4.78, 5) is 12.2. The Morgan fingerprint density at radius 2 is 1.48 bits per heavy atom. The van der Waals surface area contributed by atoms with Gasteiger partial charge in [0.1, 0.15) is 0 Å². The lowest BCUT2D eigenvalue weighted by molar-refractivity contribution is 0.102. The second-order valence-corrected chi connectivity index (χ2v) is 7.17. The van der Waals surface area contributed by atoms with Crippen LogP contribution in [0.25, 0.3) is 11.1 Å². The number of carbonyl (C=O) groups excluding carboxylic acids is 1. The molecule has 0 bridgehead atoms. The van der Waals surface area contributed by atoms with Crippen molar-refractivity contribution in [3.8, 4) is 0 Å². The molecule has 4 nitrogen and oxygen atoms in total. The third-order valence-corrected chi connectivity index (χ3v) is 4.95. The zero-order chi connectivity index (χ0) is 17.8. The number of carbonyl (C=O) groups is 1. The van der Waals surface area contributed by atoms with E-state index in [0.717, 1.165) is 16.9 Å². The molecule has 3 rings (SSSR count). The number of hydrogen-bond acceptors (Lipinski definition) is 4. The van der Waals surface area contributed by atoms with Crippen molar-refractivity contribution in [1.29, 1.82) is 0 Å². The van der Waals surface area contributed by atoms with Gasteiger partial charge in [0, 0.05) is 15.7 Å². The summed E-state index contributed by atoms with van der Waals surface area (Å²) in [5, 5.41) is 12.9. The molecule has 2 aromatic carbocycles. The highest BCUT2D eigenvalue weighted by Gasteiger charge is 2.14. The van der Waals surface area contributed by atoms with E-state index in [4.69, 9.17) is 34.8 Å². The minimum atomic E-state index is -0.359. The van der Waals surface area contributed by atoms with Gasteiger partial charge in [0.15, 0.2) is 5.01 Å². The zero-order valence-corrected chi connectivity index (χ0v) is 15.6. The van der Waals surface area contributed by atoms with E-state index in [-0.39, 0.29) is 10.9 Å². The van der Waals surface area contributed by atoms with Crippen LogP contribution in [-0.2, 0) is 0 Å². The summed E-state index contributed by atoms with van der Waals surface area (Å²) in [7, 11) is 0. The molecular formula is C17H10Cl3N3OS. The van der Waals surface area contributed by atoms with Crippen LogP contribution in [0.3, 0.4) is 0 Å². The van der Waals surface area contributed by atoms with E-state index in [9.17, 15) is 4.79 Å². The van der Waals surface area contributed by atoms with Gasteiger partial charge < -0.3 is 5.32 Å². The van der Waals surface area contributed by atoms with Crippen molar-refractivity contribution < 1.29 is 4.79 Å². The molecule has 1 heterocycles. The maximum absolute atomic E-state index is 12.2. The summed E-state index contributed by atoms with van der Waals surface area (Å²) in [6, 6.07) is 14.0. The minimum absolute atomic E-state index is 0.215. The first-order valence-electron chi connectivity index (χ1n) is 7.05. The van der Waals surface area contributed by atoms with Crippen molar-refractivity contribution in [3.05, 3.63) is 74.2 Å². The number of halogens is 3. The number of aromatic nitrogens is 2. The van der Waals surface area contributed by atoms with Gasteiger partial charge in [0.25, 0.3) is 5.91 Å². The number of nitrogens with zero attached hydrogens (tertiary/aromatic N) is 2. The van der Waals surface area contributed by atoms with Gasteiger partial charge >= 0.3 is 0 Å². The van der Waals surface area contributed by atoms with Crippen LogP contribution in [0, 0.1) is 0 Å². The van der Waals surface area contributed by atoms with Gasteiger partial charge in [-0.15, -0.1) is 10.2 Å². The Morgan fingerprint density at radius 1 is 0.920 bits per heavy atom. The van der Waals surface area contributed by atoms with Gasteiger partial charge in [-0.1, -0.05) is 58.3 Å². The Morgan fingerprint density at radius 3 is 2.12 bits per heavy atom. The lowest BCUT2D eigenvalue weighted by Gasteiger charge is -2.01. The Labute approximate surface area is 163 Å². The van der Waals surface area contributed by atoms with E-state index in [2.05, 4.69) is 15.5 Å². The standard InChI is InChI=1S/C17H10Cl3N3OS/c18-11-3-1-10(2-4-11)9-14(20)16-22-23-17(25-16)15(24)21-13-7-5-12(19)6-8-13/h1-9H,(H,21,24). The van der Waals surface area contributed by atoms with E-state index in [0.29, 0.717) is 25.8 Å². The van der Waals surface area contributed by atoms with Gasteiger partial charge in [-0.2, -0.15) is 0 Å². The molecule has 0 spiro atoms. The highest BCUT2D eigenvalue weighted by atomic mass is 35.5. The number of anilines is 1. The first-order chi connectivity index (χ1) is 12.0. The number of hydrogen-bond donors (Lipinski definition) is 1. The molecular weight excluding hydrogens is 401 g/mol. The fraction of sp³-hybridized carbons (Fsp3) is 0. The summed E-state index contributed by atoms with van der Waals surface area (Å²) in [5.74, 6) is -0.359. The molecule has 0 saturated heterocycles. The van der Waals surface area contributed by atoms with E-state index in [1.54, 1.807) is 42.5 Å². The number of rotatable bonds is 4. The topological polar surface area (TPSA) is 54.9 Å². The fourth-order valence-corrected chi connectivity index (χ4v) is 3.07. The van der Waals surface area contributed by atoms with Crippen LogP contribution in [0.4, 0.5) is 5.69 Å². The zero-order valence-electron chi connectivity index (χ0n) is 12.5. The fourth-order valence-electron chi connectivity index (χ4n) is 1.90. The van der Waals surface area contributed by atoms with Crippen LogP contribution in [0.5, 0.6) is 0 Å². The Balaban J connectivity index is 1.73. The van der Waals surface area contributed by atoms with Crippen molar-refractivity contribution in [3.63, 3.8) is 0 Å². The number of amides is 1. The van der Waals surface area contributed by atoms with Gasteiger partial charge in [-0.3, -0.25) is 4.79 Å². The summed E-state index contributed by atoms with van der Waals surface area (Å²) in [5.41, 5.74) is 1.49. The Hall–Kier alpha value is -1.92. The molecule has 25 heavy (non-hydrogen) atoms. The lowest BCUT2D eigenvalue weighted by Crippen LogP contribution is -2.11. The molecule has 0 radical (unpaired) electrons. The summed E-state index contributed by atoms with van der Waals surface area (Å²) >= 11 is 19.0. The maximum Gasteiger partial charge on any atom is 0.286 e. The van der Waals surface area contributed by atoms with Crippen LogP contribution >= 0.6 is 46.1 Å². The van der Waals surface area contributed by atoms with Crippen molar-refractivity contribution in [2.45, 2.75) is 0 Å². The molecule has 1 amide bonds. The van der Waals surface area contributed by atoms with Crippen molar-refractivity contribution in [1.82, 2.24) is 10.2 Å². The van der Waals surface area contributed by atoms with E-state index < -0.39 is 0 Å². The molecule has 1 aromatic heterocycles. The second-order valence-electron chi connectivity index (χ2n) is 4.92.